The van der Waals surface area contributed by atoms with Gasteiger partial charge in [0, 0.05) is 4.47 Å². The van der Waals surface area contributed by atoms with Crippen LogP contribution in [0.5, 0.6) is 0 Å². The van der Waals surface area contributed by atoms with Crippen LogP contribution in [0.15, 0.2) is 56.5 Å². The van der Waals surface area contributed by atoms with Crippen LogP contribution in [0.4, 0.5) is 13.2 Å². The van der Waals surface area contributed by atoms with Crippen molar-refractivity contribution in [2.45, 2.75) is 12.7 Å². The molecule has 0 bridgehead atoms. The van der Waals surface area contributed by atoms with Crippen LogP contribution >= 0.6 is 15.9 Å². The second kappa shape index (κ2) is 5.94. The van der Waals surface area contributed by atoms with Crippen molar-refractivity contribution < 1.29 is 13.2 Å². The van der Waals surface area contributed by atoms with Crippen LogP contribution in [0.2, 0.25) is 0 Å². The Labute approximate surface area is 141 Å². The van der Waals surface area contributed by atoms with E-state index in [2.05, 4.69) is 20.9 Å². The molecule has 0 spiro atoms. The molecule has 8 heteroatoms. The summed E-state index contributed by atoms with van der Waals surface area (Å²) in [6.07, 6.45) is -4.57. The number of aromatic amines is 1. The van der Waals surface area contributed by atoms with Crippen LogP contribution < -0.4 is 11.2 Å². The molecule has 0 unspecified atom stereocenters. The van der Waals surface area contributed by atoms with Crippen LogP contribution in [0.1, 0.15) is 11.1 Å². The third-order valence-corrected chi connectivity index (χ3v) is 4.27. The number of hydrogen-bond donors (Lipinski definition) is 1. The SMILES string of the molecule is O=c1[nH]c2cccc(Br)c2c(=O)n1Cc1ccccc1C(F)(F)F. The Morgan fingerprint density at radius 2 is 1.75 bits per heavy atom. The van der Waals surface area contributed by atoms with Crippen LogP contribution in [0.25, 0.3) is 10.9 Å². The minimum Gasteiger partial charge on any atom is -0.307 e. The number of alkyl halides is 3. The van der Waals surface area contributed by atoms with Crippen molar-refractivity contribution in [1.29, 1.82) is 0 Å². The summed E-state index contributed by atoms with van der Waals surface area (Å²) in [7, 11) is 0. The topological polar surface area (TPSA) is 54.9 Å². The molecule has 1 aromatic heterocycles. The van der Waals surface area contributed by atoms with Gasteiger partial charge in [0.05, 0.1) is 23.0 Å². The fraction of sp³-hybridized carbons (Fsp3) is 0.125. The number of nitrogens with zero attached hydrogens (tertiary/aromatic N) is 1. The summed E-state index contributed by atoms with van der Waals surface area (Å²) in [5.74, 6) is 0. The number of H-pyrrole nitrogens is 1. The fourth-order valence-electron chi connectivity index (χ4n) is 2.50. The molecule has 0 aliphatic heterocycles. The van der Waals surface area contributed by atoms with Crippen molar-refractivity contribution in [3.05, 3.63) is 78.9 Å². The molecule has 124 valence electrons. The van der Waals surface area contributed by atoms with E-state index in [4.69, 9.17) is 0 Å². The van der Waals surface area contributed by atoms with Crippen molar-refractivity contribution in [1.82, 2.24) is 9.55 Å². The number of nitrogens with one attached hydrogen (secondary N) is 1. The largest absolute Gasteiger partial charge is 0.416 e. The van der Waals surface area contributed by atoms with Gasteiger partial charge in [-0.25, -0.2) is 4.79 Å². The molecule has 3 aromatic rings. The van der Waals surface area contributed by atoms with Gasteiger partial charge in [0.25, 0.3) is 5.56 Å². The van der Waals surface area contributed by atoms with E-state index in [9.17, 15) is 22.8 Å². The van der Waals surface area contributed by atoms with Crippen molar-refractivity contribution in [3.8, 4) is 0 Å². The lowest BCUT2D eigenvalue weighted by molar-refractivity contribution is -0.138. The predicted octanol–water partition coefficient (Wildman–Crippen LogP) is 3.52. The smallest absolute Gasteiger partial charge is 0.307 e. The number of aromatic nitrogens is 2. The molecule has 3 rings (SSSR count). The summed E-state index contributed by atoms with van der Waals surface area (Å²) in [6, 6.07) is 9.68. The summed E-state index contributed by atoms with van der Waals surface area (Å²) in [4.78, 5) is 27.2. The Bertz CT molecular complexity index is 1040. The highest BCUT2D eigenvalue weighted by atomic mass is 79.9. The van der Waals surface area contributed by atoms with Gasteiger partial charge in [-0.05, 0) is 39.7 Å². The molecular weight excluding hydrogens is 389 g/mol. The third-order valence-electron chi connectivity index (χ3n) is 3.61. The number of rotatable bonds is 2. The number of halogens is 4. The lowest BCUT2D eigenvalue weighted by Crippen LogP contribution is -2.36. The van der Waals surface area contributed by atoms with Gasteiger partial charge in [-0.1, -0.05) is 24.3 Å². The van der Waals surface area contributed by atoms with Crippen molar-refractivity contribution in [3.63, 3.8) is 0 Å². The zero-order valence-corrected chi connectivity index (χ0v) is 13.6. The highest BCUT2D eigenvalue weighted by Gasteiger charge is 2.33. The molecule has 0 amide bonds. The Kier molecular flexibility index (Phi) is 4.08. The molecule has 1 N–H and O–H groups in total. The van der Waals surface area contributed by atoms with E-state index in [1.807, 2.05) is 0 Å². The quantitative estimate of drug-likeness (QED) is 0.717. The summed E-state index contributed by atoms with van der Waals surface area (Å²) in [5, 5.41) is 0.210. The minimum absolute atomic E-state index is 0.149. The van der Waals surface area contributed by atoms with Gasteiger partial charge >= 0.3 is 11.9 Å². The first-order valence-corrected chi connectivity index (χ1v) is 7.65. The van der Waals surface area contributed by atoms with Crippen molar-refractivity contribution >= 4 is 26.8 Å². The lowest BCUT2D eigenvalue weighted by atomic mass is 10.1. The van der Waals surface area contributed by atoms with E-state index >= 15 is 0 Å². The van der Waals surface area contributed by atoms with Gasteiger partial charge in [0.1, 0.15) is 0 Å². The number of fused-ring (bicyclic) bond motifs is 1. The Morgan fingerprint density at radius 3 is 2.46 bits per heavy atom. The van der Waals surface area contributed by atoms with Crippen molar-refractivity contribution in [2.24, 2.45) is 0 Å². The molecule has 0 saturated carbocycles. The van der Waals surface area contributed by atoms with Crippen LogP contribution in [-0.2, 0) is 12.7 Å². The number of benzene rings is 2. The lowest BCUT2D eigenvalue weighted by Gasteiger charge is -2.13. The average Bonchev–Trinajstić information content (AvgIpc) is 2.50. The molecule has 0 saturated heterocycles. The monoisotopic (exact) mass is 398 g/mol. The van der Waals surface area contributed by atoms with Crippen LogP contribution in [-0.4, -0.2) is 9.55 Å². The summed E-state index contributed by atoms with van der Waals surface area (Å²) >= 11 is 3.22. The van der Waals surface area contributed by atoms with Crippen molar-refractivity contribution in [2.75, 3.05) is 0 Å². The molecule has 4 nitrogen and oxygen atoms in total. The van der Waals surface area contributed by atoms with E-state index < -0.39 is 29.5 Å². The summed E-state index contributed by atoms with van der Waals surface area (Å²) in [5.41, 5.74) is -2.12. The van der Waals surface area contributed by atoms with E-state index in [0.29, 0.717) is 9.99 Å². The van der Waals surface area contributed by atoms with Gasteiger partial charge in [-0.15, -0.1) is 0 Å². The van der Waals surface area contributed by atoms with Gasteiger partial charge in [0.2, 0.25) is 0 Å². The maximum Gasteiger partial charge on any atom is 0.416 e. The summed E-state index contributed by atoms with van der Waals surface area (Å²) in [6.45, 7) is -0.471. The van der Waals surface area contributed by atoms with E-state index in [1.54, 1.807) is 18.2 Å². The predicted molar refractivity (Wildman–Crippen MR) is 87.1 cm³/mol. The molecular formula is C16H10BrF3N2O2. The Hall–Kier alpha value is -2.35. The third kappa shape index (κ3) is 2.89. The average molecular weight is 399 g/mol. The van der Waals surface area contributed by atoms with E-state index in [0.717, 1.165) is 10.6 Å². The molecule has 0 atom stereocenters. The van der Waals surface area contributed by atoms with Crippen LogP contribution in [0, 0.1) is 0 Å². The van der Waals surface area contributed by atoms with Gasteiger partial charge < -0.3 is 4.98 Å². The first-order valence-electron chi connectivity index (χ1n) is 6.85. The minimum atomic E-state index is -4.57. The molecule has 0 aliphatic carbocycles. The Balaban J connectivity index is 2.22. The highest BCUT2D eigenvalue weighted by molar-refractivity contribution is 9.10. The number of hydrogen-bond acceptors (Lipinski definition) is 2. The second-order valence-electron chi connectivity index (χ2n) is 5.14. The molecule has 0 aliphatic rings. The maximum absolute atomic E-state index is 13.1. The molecule has 1 heterocycles. The first kappa shape index (κ1) is 16.5. The van der Waals surface area contributed by atoms with Gasteiger partial charge in [-0.2, -0.15) is 13.2 Å². The van der Waals surface area contributed by atoms with E-state index in [1.165, 1.54) is 18.2 Å². The molecule has 24 heavy (non-hydrogen) atoms. The highest BCUT2D eigenvalue weighted by Crippen LogP contribution is 2.32. The zero-order valence-electron chi connectivity index (χ0n) is 12.0. The van der Waals surface area contributed by atoms with E-state index in [-0.39, 0.29) is 10.9 Å². The molecule has 2 aromatic carbocycles. The fourth-order valence-corrected chi connectivity index (χ4v) is 3.04. The summed E-state index contributed by atoms with van der Waals surface area (Å²) < 4.78 is 40.5. The normalized spacial score (nSPS) is 11.8. The van der Waals surface area contributed by atoms with Gasteiger partial charge in [0.15, 0.2) is 0 Å². The molecule has 0 radical (unpaired) electrons. The second-order valence-corrected chi connectivity index (χ2v) is 5.99. The standard InChI is InChI=1S/C16H10BrF3N2O2/c17-11-6-3-7-12-13(11)14(23)22(15(24)21-12)8-9-4-1-2-5-10(9)16(18,19)20/h1-7H,8H2,(H,21,24). The van der Waals surface area contributed by atoms with Gasteiger partial charge in [-0.3, -0.25) is 9.36 Å². The first-order chi connectivity index (χ1) is 11.3. The zero-order chi connectivity index (χ0) is 17.5. The molecule has 0 fully saturated rings. The van der Waals surface area contributed by atoms with Crippen LogP contribution in [0.3, 0.4) is 0 Å². The maximum atomic E-state index is 13.1. The Morgan fingerprint density at radius 1 is 1.04 bits per heavy atom.